The van der Waals surface area contributed by atoms with Crippen molar-refractivity contribution in [2.24, 2.45) is 0 Å². The van der Waals surface area contributed by atoms with E-state index in [1.807, 2.05) is 0 Å². The molecule has 0 heterocycles. The quantitative estimate of drug-likeness (QED) is 0.600. The normalized spacial score (nSPS) is 11.1. The maximum absolute atomic E-state index is 11.0. The van der Waals surface area contributed by atoms with Gasteiger partial charge in [0.25, 0.3) is 0 Å². The summed E-state index contributed by atoms with van der Waals surface area (Å²) in [5.41, 5.74) is 0.525. The summed E-state index contributed by atoms with van der Waals surface area (Å²) in [4.78, 5) is 11.0. The monoisotopic (exact) mass is 240 g/mol. The van der Waals surface area contributed by atoms with Gasteiger partial charge in [0.05, 0.1) is 7.11 Å². The molecule has 0 aliphatic rings. The van der Waals surface area contributed by atoms with Crippen molar-refractivity contribution >= 4 is 17.6 Å². The van der Waals surface area contributed by atoms with Gasteiger partial charge < -0.3 is 9.47 Å². The molecule has 0 bridgehead atoms. The van der Waals surface area contributed by atoms with E-state index >= 15 is 0 Å². The van der Waals surface area contributed by atoms with Crippen LogP contribution >= 0.6 is 11.6 Å². The fourth-order valence-electron chi connectivity index (χ4n) is 1.04. The minimum absolute atomic E-state index is 0.322. The average molecular weight is 241 g/mol. The Bertz CT molecular complexity index is 382. The van der Waals surface area contributed by atoms with E-state index in [1.165, 1.54) is 7.11 Å². The highest BCUT2D eigenvalue weighted by Crippen LogP contribution is 2.15. The fraction of sp³-hybridized carbons (Fsp3) is 0.250. The minimum Gasteiger partial charge on any atom is -0.490 e. The van der Waals surface area contributed by atoms with Crippen LogP contribution in [-0.4, -0.2) is 19.7 Å². The van der Waals surface area contributed by atoms with Gasteiger partial charge >= 0.3 is 5.97 Å². The van der Waals surface area contributed by atoms with E-state index in [-0.39, 0.29) is 5.97 Å². The number of methoxy groups -OCH3 is 1. The van der Waals surface area contributed by atoms with Gasteiger partial charge in [0, 0.05) is 10.6 Å². The van der Waals surface area contributed by atoms with E-state index in [2.05, 4.69) is 4.74 Å². The van der Waals surface area contributed by atoms with Gasteiger partial charge in [0.1, 0.15) is 12.4 Å². The topological polar surface area (TPSA) is 35.5 Å². The van der Waals surface area contributed by atoms with Crippen LogP contribution in [0.5, 0.6) is 5.75 Å². The lowest BCUT2D eigenvalue weighted by molar-refractivity contribution is -0.136. The predicted octanol–water partition coefficient (Wildman–Crippen LogP) is 2.84. The highest BCUT2D eigenvalue weighted by atomic mass is 35.5. The number of halogens is 1. The molecule has 0 aliphatic carbocycles. The second-order valence-electron chi connectivity index (χ2n) is 3.14. The van der Waals surface area contributed by atoms with Gasteiger partial charge in [-0.15, -0.1) is 0 Å². The second kappa shape index (κ2) is 6.18. The van der Waals surface area contributed by atoms with Crippen molar-refractivity contribution in [1.82, 2.24) is 0 Å². The van der Waals surface area contributed by atoms with Crippen molar-refractivity contribution in [1.29, 1.82) is 0 Å². The van der Waals surface area contributed by atoms with Crippen molar-refractivity contribution in [3.05, 3.63) is 40.9 Å². The van der Waals surface area contributed by atoms with Gasteiger partial charge in [-0.05, 0) is 37.3 Å². The Morgan fingerprint density at radius 1 is 1.38 bits per heavy atom. The zero-order valence-electron chi connectivity index (χ0n) is 9.20. The van der Waals surface area contributed by atoms with Crippen molar-refractivity contribution in [3.63, 3.8) is 0 Å². The van der Waals surface area contributed by atoms with Crippen LogP contribution in [0, 0.1) is 0 Å². The third kappa shape index (κ3) is 3.95. The highest BCUT2D eigenvalue weighted by Gasteiger charge is 2.01. The van der Waals surface area contributed by atoms with Crippen LogP contribution in [0.25, 0.3) is 0 Å². The zero-order valence-corrected chi connectivity index (χ0v) is 9.95. The van der Waals surface area contributed by atoms with E-state index in [9.17, 15) is 4.79 Å². The molecule has 0 saturated heterocycles. The maximum Gasteiger partial charge on any atom is 0.333 e. The molecule has 0 aliphatic heterocycles. The Labute approximate surface area is 99.6 Å². The number of hydrogen-bond acceptors (Lipinski definition) is 3. The molecule has 4 heteroatoms. The summed E-state index contributed by atoms with van der Waals surface area (Å²) < 4.78 is 9.93. The molecule has 1 rings (SSSR count). The lowest BCUT2D eigenvalue weighted by Crippen LogP contribution is -2.04. The Balaban J connectivity index is 2.46. The van der Waals surface area contributed by atoms with E-state index in [1.54, 1.807) is 37.3 Å². The predicted molar refractivity (Wildman–Crippen MR) is 62.7 cm³/mol. The van der Waals surface area contributed by atoms with Gasteiger partial charge in [0.15, 0.2) is 0 Å². The van der Waals surface area contributed by atoms with Crippen LogP contribution in [0.2, 0.25) is 5.02 Å². The Morgan fingerprint density at radius 2 is 2.00 bits per heavy atom. The van der Waals surface area contributed by atoms with Gasteiger partial charge in [-0.25, -0.2) is 4.79 Å². The Morgan fingerprint density at radius 3 is 2.56 bits per heavy atom. The molecule has 0 atom stereocenters. The minimum atomic E-state index is -0.347. The molecule has 0 saturated carbocycles. The fourth-order valence-corrected chi connectivity index (χ4v) is 1.16. The molecule has 1 aromatic rings. The summed E-state index contributed by atoms with van der Waals surface area (Å²) >= 11 is 5.73. The smallest absolute Gasteiger partial charge is 0.333 e. The third-order valence-corrected chi connectivity index (χ3v) is 2.21. The molecule has 0 radical (unpaired) electrons. The number of esters is 1. The van der Waals surface area contributed by atoms with E-state index < -0.39 is 0 Å². The molecule has 0 unspecified atom stereocenters. The lowest BCUT2D eigenvalue weighted by Gasteiger charge is -2.03. The number of hydrogen-bond donors (Lipinski definition) is 0. The number of rotatable bonds is 4. The molecule has 0 N–H and O–H groups in total. The Hall–Kier alpha value is -1.48. The maximum atomic E-state index is 11.0. The van der Waals surface area contributed by atoms with Crippen molar-refractivity contribution < 1.29 is 14.3 Å². The first-order valence-electron chi connectivity index (χ1n) is 4.77. The third-order valence-electron chi connectivity index (χ3n) is 1.96. The molecule has 16 heavy (non-hydrogen) atoms. The molecule has 0 spiro atoms. The summed E-state index contributed by atoms with van der Waals surface area (Å²) in [7, 11) is 1.35. The molecule has 1 aromatic carbocycles. The van der Waals surface area contributed by atoms with Crippen molar-refractivity contribution in [2.45, 2.75) is 6.92 Å². The largest absolute Gasteiger partial charge is 0.490 e. The van der Waals surface area contributed by atoms with E-state index in [0.29, 0.717) is 23.0 Å². The molecular formula is C12H13ClO3. The highest BCUT2D eigenvalue weighted by molar-refractivity contribution is 6.30. The molecule has 0 aromatic heterocycles. The Kier molecular flexibility index (Phi) is 4.86. The first-order valence-corrected chi connectivity index (χ1v) is 5.14. The summed E-state index contributed by atoms with van der Waals surface area (Å²) in [6, 6.07) is 7.02. The van der Waals surface area contributed by atoms with Gasteiger partial charge in [-0.2, -0.15) is 0 Å². The van der Waals surface area contributed by atoms with Crippen LogP contribution in [0.15, 0.2) is 35.9 Å². The number of carbonyl (C=O) groups excluding carboxylic acids is 1. The van der Waals surface area contributed by atoms with Crippen molar-refractivity contribution in [3.8, 4) is 5.75 Å². The average Bonchev–Trinajstić information content (AvgIpc) is 2.30. The molecule has 3 nitrogen and oxygen atoms in total. The zero-order chi connectivity index (χ0) is 12.0. The summed E-state index contributed by atoms with van der Waals surface area (Å²) in [6.07, 6.45) is 1.67. The molecule has 0 fully saturated rings. The lowest BCUT2D eigenvalue weighted by atomic mass is 10.3. The summed E-state index contributed by atoms with van der Waals surface area (Å²) in [5, 5.41) is 0.661. The van der Waals surface area contributed by atoms with Crippen LogP contribution in [0.3, 0.4) is 0 Å². The standard InChI is InChI=1S/C12H13ClO3/c1-9(12(14)15-2)7-8-16-11-5-3-10(13)4-6-11/h3-7H,8H2,1-2H3. The first-order chi connectivity index (χ1) is 7.63. The van der Waals surface area contributed by atoms with E-state index in [0.717, 1.165) is 0 Å². The number of carbonyl (C=O) groups is 1. The van der Waals surface area contributed by atoms with Crippen LogP contribution in [0.1, 0.15) is 6.92 Å². The summed E-state index contributed by atoms with van der Waals surface area (Å²) in [6.45, 7) is 2.00. The van der Waals surface area contributed by atoms with Gasteiger partial charge in [-0.3, -0.25) is 0 Å². The number of ether oxygens (including phenoxy) is 2. The number of benzene rings is 1. The molecule has 86 valence electrons. The summed E-state index contributed by atoms with van der Waals surface area (Å²) in [5.74, 6) is 0.359. The van der Waals surface area contributed by atoms with Crippen molar-refractivity contribution in [2.75, 3.05) is 13.7 Å². The molecule has 0 amide bonds. The van der Waals surface area contributed by atoms with Crippen LogP contribution in [-0.2, 0) is 9.53 Å². The van der Waals surface area contributed by atoms with Gasteiger partial charge in [0.2, 0.25) is 0 Å². The van der Waals surface area contributed by atoms with Crippen LogP contribution in [0.4, 0.5) is 0 Å². The SMILES string of the molecule is COC(=O)C(C)=CCOc1ccc(Cl)cc1. The molecular weight excluding hydrogens is 228 g/mol. The van der Waals surface area contributed by atoms with Gasteiger partial charge in [-0.1, -0.05) is 11.6 Å². The second-order valence-corrected chi connectivity index (χ2v) is 3.58. The first kappa shape index (κ1) is 12.6. The van der Waals surface area contributed by atoms with Crippen LogP contribution < -0.4 is 4.74 Å². The van der Waals surface area contributed by atoms with E-state index in [4.69, 9.17) is 16.3 Å².